The quantitative estimate of drug-likeness (QED) is 0.190. The Hall–Kier alpha value is -0.320. The Kier molecular flexibility index (Phi) is 21.4. The smallest absolute Gasteiger partial charge is 0.105 e. The van der Waals surface area contributed by atoms with Crippen LogP contribution in [0.4, 0.5) is 0 Å². The van der Waals surface area contributed by atoms with Gasteiger partial charge in [-0.15, -0.1) is 0 Å². The van der Waals surface area contributed by atoms with Crippen molar-refractivity contribution in [1.82, 2.24) is 0 Å². The van der Waals surface area contributed by atoms with E-state index in [0.29, 0.717) is 59.5 Å². The predicted molar refractivity (Wildman–Crippen MR) is 83.6 cm³/mol. The molecule has 0 heterocycles. The van der Waals surface area contributed by atoms with Gasteiger partial charge in [0.2, 0.25) is 0 Å². The Morgan fingerprint density at radius 1 is 0.435 bits per heavy atom. The molecule has 0 aromatic rings. The molecule has 0 unspecified atom stereocenters. The van der Waals surface area contributed by atoms with E-state index in [1.807, 2.05) is 0 Å². The number of hydrogen-bond acceptors (Lipinski definition) is 8. The number of rotatable bonds is 20. The number of aliphatic hydroxyl groups is 1. The first-order valence-corrected chi connectivity index (χ1v) is 8.17. The second-order valence-electron chi connectivity index (χ2n) is 4.68. The van der Waals surface area contributed by atoms with Crippen molar-refractivity contribution >= 4 is 0 Å². The van der Waals surface area contributed by atoms with Crippen LogP contribution in [0.25, 0.3) is 0 Å². The summed E-state index contributed by atoms with van der Waals surface area (Å²) in [5.74, 6) is 0. The average Bonchev–Trinajstić information content (AvgIpc) is 2.57. The molecule has 140 valence electrons. The zero-order chi connectivity index (χ0) is 16.8. The van der Waals surface area contributed by atoms with Crippen LogP contribution in [0.2, 0.25) is 0 Å². The molecule has 0 atom stereocenters. The summed E-state index contributed by atoms with van der Waals surface area (Å²) in [6.07, 6.45) is 3.06. The molecule has 0 aliphatic carbocycles. The molecule has 0 fully saturated rings. The number of unbranched alkanes of at least 4 members (excludes halogenated alkanes) is 2. The number of ether oxygens (including phenoxy) is 5. The van der Waals surface area contributed by atoms with Crippen LogP contribution in [-0.2, 0) is 28.6 Å². The van der Waals surface area contributed by atoms with E-state index in [9.17, 15) is 0 Å². The number of hydrogen-bond donors (Lipinski definition) is 2. The fraction of sp³-hybridized carbons (Fsp3) is 1.00. The van der Waals surface area contributed by atoms with Gasteiger partial charge in [-0.2, -0.15) is 0 Å². The van der Waals surface area contributed by atoms with Crippen LogP contribution in [0.1, 0.15) is 19.3 Å². The summed E-state index contributed by atoms with van der Waals surface area (Å²) in [5, 5.41) is 16.6. The fourth-order valence-corrected chi connectivity index (χ4v) is 1.61. The van der Waals surface area contributed by atoms with Gasteiger partial charge < -0.3 is 28.8 Å². The van der Waals surface area contributed by atoms with E-state index in [4.69, 9.17) is 34.0 Å². The third-order valence-electron chi connectivity index (χ3n) is 2.75. The van der Waals surface area contributed by atoms with Crippen LogP contribution >= 0.6 is 0 Å². The Bertz CT molecular complexity index is 186. The van der Waals surface area contributed by atoms with E-state index in [-0.39, 0.29) is 13.2 Å². The van der Waals surface area contributed by atoms with Gasteiger partial charge >= 0.3 is 0 Å². The molecule has 0 aliphatic rings. The largest absolute Gasteiger partial charge is 0.394 e. The van der Waals surface area contributed by atoms with Gasteiger partial charge in [0.25, 0.3) is 0 Å². The van der Waals surface area contributed by atoms with Crippen molar-refractivity contribution in [2.45, 2.75) is 19.3 Å². The minimum absolute atomic E-state index is 0.0853. The topological polar surface area (TPSA) is 95.8 Å². The molecule has 8 nitrogen and oxygen atoms in total. The maximum absolute atomic E-state index is 8.53. The molecule has 0 aromatic carbocycles. The Morgan fingerprint density at radius 2 is 0.826 bits per heavy atom. The molecule has 8 heteroatoms. The van der Waals surface area contributed by atoms with Crippen molar-refractivity contribution in [2.75, 3.05) is 79.3 Å². The van der Waals surface area contributed by atoms with Crippen molar-refractivity contribution in [3.8, 4) is 0 Å². The van der Waals surface area contributed by atoms with Gasteiger partial charge in [0.1, 0.15) is 6.61 Å². The van der Waals surface area contributed by atoms with Crippen LogP contribution < -0.4 is 0 Å². The summed E-state index contributed by atoms with van der Waals surface area (Å²) in [5.41, 5.74) is 0. The van der Waals surface area contributed by atoms with Gasteiger partial charge in [0, 0.05) is 13.2 Å². The molecular weight excluding hydrogens is 308 g/mol. The molecule has 0 bridgehead atoms. The van der Waals surface area contributed by atoms with Crippen LogP contribution in [0, 0.1) is 0 Å². The maximum Gasteiger partial charge on any atom is 0.105 e. The lowest BCUT2D eigenvalue weighted by Gasteiger charge is -2.07. The first-order chi connectivity index (χ1) is 11.4. The normalized spacial score (nSPS) is 11.2. The first kappa shape index (κ1) is 22.7. The monoisotopic (exact) mass is 340 g/mol. The molecular formula is C15H32O8. The minimum Gasteiger partial charge on any atom is -0.394 e. The molecule has 0 aromatic heterocycles. The average molecular weight is 340 g/mol. The van der Waals surface area contributed by atoms with Crippen molar-refractivity contribution < 1.29 is 38.9 Å². The molecule has 2 N–H and O–H groups in total. The number of aliphatic hydroxyl groups excluding tert-OH is 1. The zero-order valence-electron chi connectivity index (χ0n) is 14.0. The van der Waals surface area contributed by atoms with Gasteiger partial charge in [0.15, 0.2) is 0 Å². The van der Waals surface area contributed by atoms with Crippen molar-refractivity contribution in [1.29, 1.82) is 0 Å². The lowest BCUT2D eigenvalue weighted by atomic mass is 10.2. The van der Waals surface area contributed by atoms with Crippen LogP contribution in [0.3, 0.4) is 0 Å². The summed E-state index contributed by atoms with van der Waals surface area (Å²) >= 11 is 0. The Labute approximate surface area is 138 Å². The van der Waals surface area contributed by atoms with E-state index in [2.05, 4.69) is 4.89 Å². The van der Waals surface area contributed by atoms with E-state index in [1.165, 1.54) is 0 Å². The van der Waals surface area contributed by atoms with Gasteiger partial charge in [-0.25, -0.2) is 4.89 Å². The van der Waals surface area contributed by atoms with E-state index < -0.39 is 0 Å². The van der Waals surface area contributed by atoms with Crippen molar-refractivity contribution in [3.63, 3.8) is 0 Å². The van der Waals surface area contributed by atoms with Gasteiger partial charge in [0.05, 0.1) is 59.5 Å². The molecule has 0 rings (SSSR count). The second-order valence-corrected chi connectivity index (χ2v) is 4.68. The lowest BCUT2D eigenvalue weighted by Crippen LogP contribution is -2.13. The first-order valence-electron chi connectivity index (χ1n) is 8.17. The third kappa shape index (κ3) is 21.7. The predicted octanol–water partition coefficient (Wildman–Crippen LogP) is 0.722. The standard InChI is InChI=1S/C15H32O8/c16-4-7-18-5-2-1-3-6-19-8-9-20-10-11-21-12-13-22-14-15-23-17/h16-17H,1-15H2. The molecule has 0 amide bonds. The van der Waals surface area contributed by atoms with E-state index in [0.717, 1.165) is 25.9 Å². The molecule has 0 saturated heterocycles. The van der Waals surface area contributed by atoms with Gasteiger partial charge in [-0.1, -0.05) is 0 Å². The summed E-state index contributed by atoms with van der Waals surface area (Å²) < 4.78 is 26.4. The second kappa shape index (κ2) is 21.7. The van der Waals surface area contributed by atoms with E-state index in [1.54, 1.807) is 0 Å². The Morgan fingerprint density at radius 3 is 1.26 bits per heavy atom. The van der Waals surface area contributed by atoms with Crippen molar-refractivity contribution in [3.05, 3.63) is 0 Å². The van der Waals surface area contributed by atoms with Crippen LogP contribution in [-0.4, -0.2) is 89.6 Å². The molecule has 0 spiro atoms. The summed E-state index contributed by atoms with van der Waals surface area (Å²) in [6.45, 7) is 5.62. The minimum atomic E-state index is 0.0853. The fourth-order valence-electron chi connectivity index (χ4n) is 1.61. The maximum atomic E-state index is 8.53. The highest BCUT2D eigenvalue weighted by Crippen LogP contribution is 1.96. The Balaban J connectivity index is 2.92. The lowest BCUT2D eigenvalue weighted by molar-refractivity contribution is -0.249. The summed E-state index contributed by atoms with van der Waals surface area (Å²) in [4.78, 5) is 3.86. The summed E-state index contributed by atoms with van der Waals surface area (Å²) in [7, 11) is 0. The highest BCUT2D eigenvalue weighted by Gasteiger charge is 1.94. The zero-order valence-corrected chi connectivity index (χ0v) is 14.0. The SMILES string of the molecule is OCCOCCCCCOCCOCCOCCOCCOO. The summed E-state index contributed by atoms with van der Waals surface area (Å²) in [6, 6.07) is 0. The molecule has 23 heavy (non-hydrogen) atoms. The molecule has 0 aliphatic heterocycles. The molecule has 0 radical (unpaired) electrons. The highest BCUT2D eigenvalue weighted by atomic mass is 17.1. The molecule has 0 saturated carbocycles. The van der Waals surface area contributed by atoms with Gasteiger partial charge in [-0.3, -0.25) is 5.26 Å². The van der Waals surface area contributed by atoms with E-state index >= 15 is 0 Å². The van der Waals surface area contributed by atoms with Gasteiger partial charge in [-0.05, 0) is 19.3 Å². The van der Waals surface area contributed by atoms with Crippen LogP contribution in [0.15, 0.2) is 0 Å². The van der Waals surface area contributed by atoms with Crippen molar-refractivity contribution in [2.24, 2.45) is 0 Å². The third-order valence-corrected chi connectivity index (χ3v) is 2.75. The highest BCUT2D eigenvalue weighted by molar-refractivity contribution is 4.41. The van der Waals surface area contributed by atoms with Crippen LogP contribution in [0.5, 0.6) is 0 Å².